The summed E-state index contributed by atoms with van der Waals surface area (Å²) in [6, 6.07) is 3.77. The minimum Gasteiger partial charge on any atom is -0.476 e. The molecule has 0 radical (unpaired) electrons. The smallest absolute Gasteiger partial charge is 0.416 e. The molecule has 1 aromatic heterocycles. The minimum absolute atomic E-state index is 0.0678. The Kier molecular flexibility index (Phi) is 5.74. The zero-order chi connectivity index (χ0) is 23.2. The normalized spacial score (nSPS) is 22.9. The molecule has 0 spiro atoms. The van der Waals surface area contributed by atoms with Gasteiger partial charge in [-0.05, 0) is 55.7 Å². The summed E-state index contributed by atoms with van der Waals surface area (Å²) < 4.78 is 46.3. The second kappa shape index (κ2) is 8.23. The largest absolute Gasteiger partial charge is 0.476 e. The number of hydrogen-bond donors (Lipinski definition) is 1. The van der Waals surface area contributed by atoms with E-state index >= 15 is 0 Å². The van der Waals surface area contributed by atoms with E-state index in [1.54, 1.807) is 17.9 Å². The molecule has 1 amide bonds. The Balaban J connectivity index is 1.33. The van der Waals surface area contributed by atoms with Gasteiger partial charge < -0.3 is 14.7 Å². The van der Waals surface area contributed by atoms with Crippen molar-refractivity contribution in [3.63, 3.8) is 0 Å². The summed E-state index contributed by atoms with van der Waals surface area (Å²) in [7, 11) is 0. The molecule has 2 aliphatic rings. The van der Waals surface area contributed by atoms with Gasteiger partial charge >= 0.3 is 18.2 Å². The lowest BCUT2D eigenvalue weighted by Gasteiger charge is -2.20. The molecule has 32 heavy (non-hydrogen) atoms. The van der Waals surface area contributed by atoms with Crippen molar-refractivity contribution in [2.75, 3.05) is 13.1 Å². The van der Waals surface area contributed by atoms with Gasteiger partial charge in [0.2, 0.25) is 0 Å². The van der Waals surface area contributed by atoms with Crippen LogP contribution in [-0.2, 0) is 17.5 Å². The number of alkyl halides is 3. The van der Waals surface area contributed by atoms with Crippen molar-refractivity contribution < 1.29 is 32.6 Å². The number of aryl methyl sites for hydroxylation is 1. The second-order valence-corrected chi connectivity index (χ2v) is 8.61. The number of nitrogens with zero attached hydrogens (tertiary/aromatic N) is 3. The molecule has 2 unspecified atom stereocenters. The molecule has 1 saturated heterocycles. The second-order valence-electron chi connectivity index (χ2n) is 8.61. The maximum absolute atomic E-state index is 13.1. The number of ether oxygens (including phenoxy) is 1. The number of aromatic carboxylic acids is 1. The summed E-state index contributed by atoms with van der Waals surface area (Å²) in [6.45, 7) is 4.21. The molecule has 0 bridgehead atoms. The molecule has 1 aromatic carbocycles. The van der Waals surface area contributed by atoms with Gasteiger partial charge in [-0.1, -0.05) is 12.1 Å². The fourth-order valence-electron chi connectivity index (χ4n) is 4.81. The molecule has 2 aromatic rings. The average Bonchev–Trinajstić information content (AvgIpc) is 3.38. The Labute approximate surface area is 182 Å². The van der Waals surface area contributed by atoms with Gasteiger partial charge in [0.05, 0.1) is 18.3 Å². The first-order valence-electron chi connectivity index (χ1n) is 10.4. The van der Waals surface area contributed by atoms with E-state index in [4.69, 9.17) is 9.84 Å². The van der Waals surface area contributed by atoms with Crippen molar-refractivity contribution >= 4 is 12.0 Å². The molecule has 2 atom stereocenters. The number of likely N-dealkylation sites (tertiary alicyclic amines) is 1. The number of aromatic nitrogens is 2. The first-order valence-corrected chi connectivity index (χ1v) is 10.4. The number of carboxylic acid groups (broad SMARTS) is 1. The summed E-state index contributed by atoms with van der Waals surface area (Å²) in [6.07, 6.45) is -1.58. The number of carbonyl (C=O) groups excluding carboxylic acids is 1. The number of carboxylic acids is 1. The summed E-state index contributed by atoms with van der Waals surface area (Å²) in [5, 5.41) is 13.0. The van der Waals surface area contributed by atoms with Crippen molar-refractivity contribution in [1.29, 1.82) is 0 Å². The maximum atomic E-state index is 13.1. The number of fused-ring (bicyclic) bond motifs is 1. The molecule has 10 heteroatoms. The van der Waals surface area contributed by atoms with Crippen molar-refractivity contribution in [2.45, 2.75) is 45.6 Å². The molecule has 1 saturated carbocycles. The van der Waals surface area contributed by atoms with E-state index in [-0.39, 0.29) is 41.8 Å². The molecule has 1 aliphatic carbocycles. The Morgan fingerprint density at radius 1 is 1.19 bits per heavy atom. The predicted molar refractivity (Wildman–Crippen MR) is 107 cm³/mol. The Hall–Kier alpha value is -2.88. The highest BCUT2D eigenvalue weighted by atomic mass is 19.4. The number of carbonyl (C=O) groups is 2. The van der Waals surface area contributed by atoms with Crippen LogP contribution in [0.3, 0.4) is 0 Å². The Morgan fingerprint density at radius 2 is 1.84 bits per heavy atom. The number of rotatable bonds is 4. The van der Waals surface area contributed by atoms with E-state index in [0.717, 1.165) is 23.6 Å². The van der Waals surface area contributed by atoms with Crippen molar-refractivity contribution in [3.05, 3.63) is 52.3 Å². The van der Waals surface area contributed by atoms with Crippen LogP contribution in [0.1, 0.15) is 45.6 Å². The number of halogens is 3. The van der Waals surface area contributed by atoms with Gasteiger partial charge in [0.25, 0.3) is 0 Å². The van der Waals surface area contributed by atoms with E-state index < -0.39 is 17.7 Å². The Morgan fingerprint density at radius 3 is 2.41 bits per heavy atom. The zero-order valence-electron chi connectivity index (χ0n) is 17.7. The fourth-order valence-corrected chi connectivity index (χ4v) is 4.81. The third-order valence-electron chi connectivity index (χ3n) is 6.50. The van der Waals surface area contributed by atoms with Crippen LogP contribution in [0.5, 0.6) is 0 Å². The van der Waals surface area contributed by atoms with Crippen LogP contribution in [0.4, 0.5) is 18.0 Å². The van der Waals surface area contributed by atoms with Gasteiger partial charge in [-0.3, -0.25) is 0 Å². The van der Waals surface area contributed by atoms with Crippen molar-refractivity contribution in [3.8, 4) is 0 Å². The van der Waals surface area contributed by atoms with Crippen LogP contribution >= 0.6 is 0 Å². The van der Waals surface area contributed by atoms with Gasteiger partial charge in [-0.25, -0.2) is 9.59 Å². The molecule has 4 rings (SSSR count). The number of hydrogen-bond acceptors (Lipinski definition) is 4. The highest BCUT2D eigenvalue weighted by molar-refractivity contribution is 5.88. The Bertz CT molecular complexity index is 1040. The monoisotopic (exact) mass is 451 g/mol. The fraction of sp³-hybridized carbons (Fsp3) is 0.500. The van der Waals surface area contributed by atoms with Crippen LogP contribution < -0.4 is 0 Å². The van der Waals surface area contributed by atoms with E-state index in [1.165, 1.54) is 19.2 Å². The summed E-state index contributed by atoms with van der Waals surface area (Å²) >= 11 is 0. The third-order valence-corrected chi connectivity index (χ3v) is 6.50. The van der Waals surface area contributed by atoms with Gasteiger partial charge in [-0.2, -0.15) is 23.0 Å². The van der Waals surface area contributed by atoms with E-state index in [0.29, 0.717) is 24.2 Å². The third kappa shape index (κ3) is 4.23. The SMILES string of the molecule is Cc1cn(C(=O)N2CC3CC(OCc4cccc(C(F)(F)F)c4C)CC3C2)nc1C(=O)O. The van der Waals surface area contributed by atoms with E-state index in [9.17, 15) is 22.8 Å². The van der Waals surface area contributed by atoms with Crippen LogP contribution in [0.2, 0.25) is 0 Å². The first-order chi connectivity index (χ1) is 15.0. The lowest BCUT2D eigenvalue weighted by Crippen LogP contribution is -2.34. The topological polar surface area (TPSA) is 84.7 Å². The van der Waals surface area contributed by atoms with Gasteiger partial charge in [0.1, 0.15) is 0 Å². The van der Waals surface area contributed by atoms with Gasteiger partial charge in [-0.15, -0.1) is 0 Å². The minimum atomic E-state index is -4.39. The van der Waals surface area contributed by atoms with E-state index in [2.05, 4.69) is 5.10 Å². The van der Waals surface area contributed by atoms with Gasteiger partial charge in [0, 0.05) is 24.8 Å². The predicted octanol–water partition coefficient (Wildman–Crippen LogP) is 4.11. The quantitative estimate of drug-likeness (QED) is 0.756. The van der Waals surface area contributed by atoms with Crippen molar-refractivity contribution in [2.24, 2.45) is 11.8 Å². The van der Waals surface area contributed by atoms with Crippen molar-refractivity contribution in [1.82, 2.24) is 14.7 Å². The molecule has 172 valence electrons. The highest BCUT2D eigenvalue weighted by Gasteiger charge is 2.43. The molecular weight excluding hydrogens is 427 g/mol. The van der Waals surface area contributed by atoms with Crippen LogP contribution in [0.25, 0.3) is 0 Å². The zero-order valence-corrected chi connectivity index (χ0v) is 17.7. The number of amides is 1. The first kappa shape index (κ1) is 22.3. The molecule has 1 N–H and O–H groups in total. The van der Waals surface area contributed by atoms with Crippen LogP contribution in [0, 0.1) is 25.7 Å². The standard InChI is InChI=1S/C22H24F3N3O4/c1-12-8-28(26-19(12)20(29)30)21(31)27-9-15-6-17(7-16(15)10-27)32-11-14-4-3-5-18(13(14)2)22(23,24)25/h3-5,8,15-17H,6-7,9-11H2,1-2H3,(H,29,30). The lowest BCUT2D eigenvalue weighted by atomic mass is 10.0. The van der Waals surface area contributed by atoms with E-state index in [1.807, 2.05) is 0 Å². The highest BCUT2D eigenvalue weighted by Crippen LogP contribution is 2.40. The van der Waals surface area contributed by atoms with Crippen LogP contribution in [0.15, 0.2) is 24.4 Å². The molecular formula is C22H24F3N3O4. The molecule has 2 fully saturated rings. The lowest BCUT2D eigenvalue weighted by molar-refractivity contribution is -0.138. The average molecular weight is 451 g/mol. The van der Waals surface area contributed by atoms with Crippen LogP contribution in [-0.4, -0.2) is 51.0 Å². The molecule has 7 nitrogen and oxygen atoms in total. The van der Waals surface area contributed by atoms with Gasteiger partial charge in [0.15, 0.2) is 5.69 Å². The summed E-state index contributed by atoms with van der Waals surface area (Å²) in [4.78, 5) is 25.5. The summed E-state index contributed by atoms with van der Waals surface area (Å²) in [5.74, 6) is -0.701. The summed E-state index contributed by atoms with van der Waals surface area (Å²) in [5.41, 5.74) is 0.345. The number of benzene rings is 1. The molecule has 2 heterocycles. The molecule has 1 aliphatic heterocycles. The maximum Gasteiger partial charge on any atom is 0.416 e.